The lowest BCUT2D eigenvalue weighted by atomic mass is 10.3. The van der Waals surface area contributed by atoms with Gasteiger partial charge in [-0.05, 0) is 84.8 Å². The summed E-state index contributed by atoms with van der Waals surface area (Å²) in [6.45, 7) is 1.35. The fourth-order valence-corrected chi connectivity index (χ4v) is 3.70. The second-order valence-electron chi connectivity index (χ2n) is 4.21. The Kier molecular flexibility index (Phi) is 6.10. The van der Waals surface area contributed by atoms with E-state index in [4.69, 9.17) is 14.2 Å². The number of esters is 1. The van der Waals surface area contributed by atoms with Crippen molar-refractivity contribution in [3.05, 3.63) is 42.8 Å². The molecule has 2 aromatic rings. The van der Waals surface area contributed by atoms with Crippen LogP contribution in [-0.4, -0.2) is 13.1 Å². The Labute approximate surface area is 158 Å². The SMILES string of the molecule is COc1ccc(Oc2c(Br)cc(OC(C)=O)cc2Br)cc1I. The molecule has 0 aliphatic carbocycles. The molecule has 0 fully saturated rings. The van der Waals surface area contributed by atoms with E-state index in [9.17, 15) is 4.79 Å². The molecule has 22 heavy (non-hydrogen) atoms. The van der Waals surface area contributed by atoms with E-state index < -0.39 is 0 Å². The highest BCUT2D eigenvalue weighted by Gasteiger charge is 2.13. The maximum Gasteiger partial charge on any atom is 0.308 e. The smallest absolute Gasteiger partial charge is 0.308 e. The number of halogens is 3. The van der Waals surface area contributed by atoms with E-state index in [0.29, 0.717) is 26.2 Å². The molecule has 0 unspecified atom stereocenters. The van der Waals surface area contributed by atoms with E-state index in [2.05, 4.69) is 54.5 Å². The highest BCUT2D eigenvalue weighted by molar-refractivity contribution is 14.1. The van der Waals surface area contributed by atoms with Crippen LogP contribution < -0.4 is 14.2 Å². The number of carbonyl (C=O) groups excluding carboxylic acids is 1. The standard InChI is InChI=1S/C15H11Br2IO4/c1-8(19)21-10-5-11(16)15(12(17)6-10)22-9-3-4-14(20-2)13(18)7-9/h3-7H,1-2H3. The Morgan fingerprint density at radius 3 is 2.23 bits per heavy atom. The number of rotatable bonds is 4. The summed E-state index contributed by atoms with van der Waals surface area (Å²) in [5.74, 6) is 2.11. The molecule has 0 atom stereocenters. The van der Waals surface area contributed by atoms with Crippen LogP contribution in [0, 0.1) is 3.57 Å². The monoisotopic (exact) mass is 540 g/mol. The zero-order valence-corrected chi connectivity index (χ0v) is 17.0. The van der Waals surface area contributed by atoms with Gasteiger partial charge >= 0.3 is 5.97 Å². The fraction of sp³-hybridized carbons (Fsp3) is 0.133. The van der Waals surface area contributed by atoms with Crippen molar-refractivity contribution in [2.24, 2.45) is 0 Å². The summed E-state index contributed by atoms with van der Waals surface area (Å²) in [7, 11) is 1.62. The summed E-state index contributed by atoms with van der Waals surface area (Å²) < 4.78 is 18.5. The quantitative estimate of drug-likeness (QED) is 0.290. The third-order valence-corrected chi connectivity index (χ3v) is 4.60. The maximum absolute atomic E-state index is 11.0. The number of methoxy groups -OCH3 is 1. The summed E-state index contributed by atoms with van der Waals surface area (Å²) in [5, 5.41) is 0. The van der Waals surface area contributed by atoms with Crippen LogP contribution in [0.25, 0.3) is 0 Å². The second kappa shape index (κ2) is 7.65. The first-order valence-electron chi connectivity index (χ1n) is 6.09. The van der Waals surface area contributed by atoms with Gasteiger partial charge < -0.3 is 14.2 Å². The van der Waals surface area contributed by atoms with Gasteiger partial charge in [-0.15, -0.1) is 0 Å². The van der Waals surface area contributed by atoms with Crippen LogP contribution in [0.5, 0.6) is 23.0 Å². The number of hydrogen-bond acceptors (Lipinski definition) is 4. The number of ether oxygens (including phenoxy) is 3. The van der Waals surface area contributed by atoms with Crippen molar-refractivity contribution >= 4 is 60.4 Å². The van der Waals surface area contributed by atoms with Crippen LogP contribution >= 0.6 is 54.5 Å². The Morgan fingerprint density at radius 2 is 1.73 bits per heavy atom. The minimum atomic E-state index is -0.378. The third-order valence-electron chi connectivity index (χ3n) is 2.58. The van der Waals surface area contributed by atoms with E-state index in [0.717, 1.165) is 9.32 Å². The average molecular weight is 542 g/mol. The van der Waals surface area contributed by atoms with Gasteiger partial charge in [0.25, 0.3) is 0 Å². The van der Waals surface area contributed by atoms with Gasteiger partial charge in [-0.3, -0.25) is 4.79 Å². The molecule has 116 valence electrons. The molecule has 0 radical (unpaired) electrons. The molecule has 0 aliphatic heterocycles. The molecule has 0 aromatic heterocycles. The zero-order chi connectivity index (χ0) is 16.3. The molecule has 0 aliphatic rings. The van der Waals surface area contributed by atoms with Crippen LogP contribution in [0.2, 0.25) is 0 Å². The first-order chi connectivity index (χ1) is 10.4. The van der Waals surface area contributed by atoms with Crippen molar-refractivity contribution in [3.8, 4) is 23.0 Å². The van der Waals surface area contributed by atoms with Gasteiger partial charge in [-0.25, -0.2) is 0 Å². The van der Waals surface area contributed by atoms with Gasteiger partial charge in [0.2, 0.25) is 0 Å². The largest absolute Gasteiger partial charge is 0.496 e. The molecule has 0 amide bonds. The molecule has 2 rings (SSSR count). The van der Waals surface area contributed by atoms with Gasteiger partial charge in [-0.1, -0.05) is 0 Å². The van der Waals surface area contributed by atoms with Crippen LogP contribution in [0.4, 0.5) is 0 Å². The topological polar surface area (TPSA) is 44.8 Å². The summed E-state index contributed by atoms with van der Waals surface area (Å²) in [5.41, 5.74) is 0. The van der Waals surface area contributed by atoms with Gasteiger partial charge in [-0.2, -0.15) is 0 Å². The summed E-state index contributed by atoms with van der Waals surface area (Å²) in [6.07, 6.45) is 0. The lowest BCUT2D eigenvalue weighted by molar-refractivity contribution is -0.131. The molecule has 0 spiro atoms. The van der Waals surface area contributed by atoms with Crippen molar-refractivity contribution in [2.45, 2.75) is 6.92 Å². The Bertz CT molecular complexity index is 696. The van der Waals surface area contributed by atoms with Crippen molar-refractivity contribution in [1.29, 1.82) is 0 Å². The molecule has 0 heterocycles. The van der Waals surface area contributed by atoms with Crippen LogP contribution in [0.3, 0.4) is 0 Å². The van der Waals surface area contributed by atoms with Crippen molar-refractivity contribution in [3.63, 3.8) is 0 Å². The Balaban J connectivity index is 2.29. The second-order valence-corrected chi connectivity index (χ2v) is 7.08. The first-order valence-corrected chi connectivity index (χ1v) is 8.76. The molecule has 4 nitrogen and oxygen atoms in total. The lowest BCUT2D eigenvalue weighted by Gasteiger charge is -2.13. The van der Waals surface area contributed by atoms with Gasteiger partial charge in [0.15, 0.2) is 5.75 Å². The zero-order valence-electron chi connectivity index (χ0n) is 11.7. The summed E-state index contributed by atoms with van der Waals surface area (Å²) in [4.78, 5) is 11.0. The lowest BCUT2D eigenvalue weighted by Crippen LogP contribution is -2.01. The van der Waals surface area contributed by atoms with E-state index in [-0.39, 0.29) is 5.97 Å². The normalized spacial score (nSPS) is 10.2. The van der Waals surface area contributed by atoms with Gasteiger partial charge in [0, 0.05) is 6.92 Å². The van der Waals surface area contributed by atoms with E-state index in [1.165, 1.54) is 6.92 Å². The number of hydrogen-bond donors (Lipinski definition) is 0. The molecule has 0 bridgehead atoms. The summed E-state index contributed by atoms with van der Waals surface area (Å²) >= 11 is 9.02. The van der Waals surface area contributed by atoms with Crippen LogP contribution in [0.15, 0.2) is 39.3 Å². The highest BCUT2D eigenvalue weighted by Crippen LogP contribution is 2.40. The third kappa shape index (κ3) is 4.36. The van der Waals surface area contributed by atoms with Crippen LogP contribution in [0.1, 0.15) is 6.92 Å². The molecule has 0 saturated heterocycles. The minimum Gasteiger partial charge on any atom is -0.496 e. The number of benzene rings is 2. The molecular weight excluding hydrogens is 531 g/mol. The van der Waals surface area contributed by atoms with Crippen LogP contribution in [-0.2, 0) is 4.79 Å². The van der Waals surface area contributed by atoms with Gasteiger partial charge in [0.05, 0.1) is 19.6 Å². The predicted octanol–water partition coefficient (Wildman–Crippen LogP) is 5.54. The van der Waals surface area contributed by atoms with Crippen molar-refractivity contribution in [1.82, 2.24) is 0 Å². The highest BCUT2D eigenvalue weighted by atomic mass is 127. The predicted molar refractivity (Wildman–Crippen MR) is 98.9 cm³/mol. The Hall–Kier alpha value is -0.800. The van der Waals surface area contributed by atoms with Crippen molar-refractivity contribution < 1.29 is 19.0 Å². The van der Waals surface area contributed by atoms with E-state index in [1.807, 2.05) is 18.2 Å². The van der Waals surface area contributed by atoms with E-state index in [1.54, 1.807) is 19.2 Å². The average Bonchev–Trinajstić information content (AvgIpc) is 2.42. The van der Waals surface area contributed by atoms with Gasteiger partial charge in [0.1, 0.15) is 17.2 Å². The summed E-state index contributed by atoms with van der Waals surface area (Å²) in [6, 6.07) is 8.89. The molecule has 0 saturated carbocycles. The van der Waals surface area contributed by atoms with E-state index >= 15 is 0 Å². The minimum absolute atomic E-state index is 0.378. The Morgan fingerprint density at radius 1 is 1.09 bits per heavy atom. The molecule has 2 aromatic carbocycles. The number of carbonyl (C=O) groups is 1. The molecule has 7 heteroatoms. The van der Waals surface area contributed by atoms with Crippen molar-refractivity contribution in [2.75, 3.05) is 7.11 Å². The first kappa shape index (κ1) is 17.6. The fourth-order valence-electron chi connectivity index (χ4n) is 1.69. The molecule has 0 N–H and O–H groups in total. The molecular formula is C15H11Br2IO4. The maximum atomic E-state index is 11.0.